The first-order chi connectivity index (χ1) is 11.3. The van der Waals surface area contributed by atoms with E-state index in [0.717, 1.165) is 25.1 Å². The third-order valence-electron chi connectivity index (χ3n) is 5.53. The fraction of sp³-hybridized carbons (Fsp3) is 0.450. The molecule has 0 spiro atoms. The molecule has 2 aliphatic rings. The van der Waals surface area contributed by atoms with E-state index >= 15 is 0 Å². The van der Waals surface area contributed by atoms with Crippen molar-refractivity contribution < 1.29 is 4.79 Å². The van der Waals surface area contributed by atoms with Gasteiger partial charge < -0.3 is 10.3 Å². The minimum absolute atomic E-state index is 0.0538. The van der Waals surface area contributed by atoms with Gasteiger partial charge in [-0.2, -0.15) is 0 Å². The van der Waals surface area contributed by atoms with Crippen LogP contribution in [0.4, 0.5) is 0 Å². The number of benzene rings is 1. The van der Waals surface area contributed by atoms with Crippen LogP contribution in [-0.4, -0.2) is 17.4 Å². The fourth-order valence-electron chi connectivity index (χ4n) is 4.00. The number of carbonyl (C=O) groups is 1. The third-order valence-corrected chi connectivity index (χ3v) is 5.53. The van der Waals surface area contributed by atoms with Gasteiger partial charge in [0.15, 0.2) is 0 Å². The number of aryl methyl sites for hydroxylation is 2. The predicted molar refractivity (Wildman–Crippen MR) is 91.7 cm³/mol. The Balaban J connectivity index is 1.36. The van der Waals surface area contributed by atoms with Crippen LogP contribution in [-0.2, 0) is 12.8 Å². The summed E-state index contributed by atoms with van der Waals surface area (Å²) in [6.45, 7) is 0.780. The molecule has 0 aliphatic heterocycles. The molecule has 3 nitrogen and oxygen atoms in total. The maximum absolute atomic E-state index is 12.4. The first-order valence-corrected chi connectivity index (χ1v) is 8.85. The second kappa shape index (κ2) is 6.23. The standard InChI is InChI=1S/C20H24N2O/c23-20(19-12-15-8-4-5-9-18(15)22-19)21-13-16-10-11-17(16)14-6-2-1-3-7-14/h1-3,6-7,12,16-17,22H,4-5,8-11,13H2,(H,21,23). The van der Waals surface area contributed by atoms with Gasteiger partial charge in [0.25, 0.3) is 5.91 Å². The van der Waals surface area contributed by atoms with Gasteiger partial charge in [-0.25, -0.2) is 0 Å². The average Bonchev–Trinajstić information content (AvgIpc) is 2.99. The lowest BCUT2D eigenvalue weighted by Gasteiger charge is -2.37. The van der Waals surface area contributed by atoms with E-state index in [1.807, 2.05) is 0 Å². The number of aromatic amines is 1. The van der Waals surface area contributed by atoms with Crippen LogP contribution in [0.2, 0.25) is 0 Å². The number of hydrogen-bond acceptors (Lipinski definition) is 1. The molecule has 1 heterocycles. The molecule has 2 aliphatic carbocycles. The lowest BCUT2D eigenvalue weighted by Crippen LogP contribution is -2.36. The molecule has 2 aromatic rings. The first kappa shape index (κ1) is 14.6. The SMILES string of the molecule is O=C(NCC1CCC1c1ccccc1)c1cc2c([nH]1)CCCC2. The smallest absolute Gasteiger partial charge is 0.267 e. The highest BCUT2D eigenvalue weighted by atomic mass is 16.1. The van der Waals surface area contributed by atoms with Gasteiger partial charge in [0.1, 0.15) is 5.69 Å². The number of nitrogens with one attached hydrogen (secondary N) is 2. The van der Waals surface area contributed by atoms with Crippen molar-refractivity contribution in [3.05, 3.63) is 58.9 Å². The van der Waals surface area contributed by atoms with Gasteiger partial charge in [0, 0.05) is 12.2 Å². The Morgan fingerprint density at radius 2 is 1.96 bits per heavy atom. The molecule has 2 N–H and O–H groups in total. The molecule has 3 heteroatoms. The largest absolute Gasteiger partial charge is 0.354 e. The van der Waals surface area contributed by atoms with E-state index in [1.165, 1.54) is 42.5 Å². The minimum Gasteiger partial charge on any atom is -0.354 e. The second-order valence-corrected chi connectivity index (χ2v) is 6.96. The Bertz CT molecular complexity index is 665. The first-order valence-electron chi connectivity index (χ1n) is 8.85. The Hall–Kier alpha value is -2.03. The van der Waals surface area contributed by atoms with Crippen molar-refractivity contribution in [3.63, 3.8) is 0 Å². The molecule has 1 aromatic carbocycles. The van der Waals surface area contributed by atoms with Crippen LogP contribution in [0.15, 0.2) is 36.4 Å². The molecule has 23 heavy (non-hydrogen) atoms. The number of amides is 1. The predicted octanol–water partition coefficient (Wildman–Crippen LogP) is 3.82. The number of fused-ring (bicyclic) bond motifs is 1. The van der Waals surface area contributed by atoms with Crippen LogP contribution in [0.25, 0.3) is 0 Å². The van der Waals surface area contributed by atoms with E-state index in [9.17, 15) is 4.79 Å². The van der Waals surface area contributed by atoms with Crippen LogP contribution in [0.5, 0.6) is 0 Å². The minimum atomic E-state index is 0.0538. The van der Waals surface area contributed by atoms with Crippen molar-refractivity contribution in [2.45, 2.75) is 44.4 Å². The lowest BCUT2D eigenvalue weighted by molar-refractivity contribution is 0.0929. The molecule has 2 unspecified atom stereocenters. The van der Waals surface area contributed by atoms with E-state index in [0.29, 0.717) is 11.8 Å². The Labute approximate surface area is 137 Å². The Morgan fingerprint density at radius 3 is 2.70 bits per heavy atom. The molecule has 1 amide bonds. The van der Waals surface area contributed by atoms with Crippen LogP contribution < -0.4 is 5.32 Å². The van der Waals surface area contributed by atoms with Gasteiger partial charge in [-0.1, -0.05) is 30.3 Å². The topological polar surface area (TPSA) is 44.9 Å². The molecule has 1 fully saturated rings. The quantitative estimate of drug-likeness (QED) is 0.886. The molecular weight excluding hydrogens is 284 g/mol. The molecule has 2 atom stereocenters. The molecule has 0 bridgehead atoms. The summed E-state index contributed by atoms with van der Waals surface area (Å²) in [4.78, 5) is 15.7. The summed E-state index contributed by atoms with van der Waals surface area (Å²) in [6.07, 6.45) is 7.11. The second-order valence-electron chi connectivity index (χ2n) is 6.96. The zero-order valence-electron chi connectivity index (χ0n) is 13.5. The highest BCUT2D eigenvalue weighted by Crippen LogP contribution is 2.41. The fourth-order valence-corrected chi connectivity index (χ4v) is 4.00. The van der Waals surface area contributed by atoms with Gasteiger partial charge in [-0.3, -0.25) is 4.79 Å². The number of rotatable bonds is 4. The van der Waals surface area contributed by atoms with Gasteiger partial charge >= 0.3 is 0 Å². The summed E-state index contributed by atoms with van der Waals surface area (Å²) in [5, 5.41) is 3.14. The van der Waals surface area contributed by atoms with E-state index in [-0.39, 0.29) is 5.91 Å². The van der Waals surface area contributed by atoms with Gasteiger partial charge in [-0.05, 0) is 67.6 Å². The summed E-state index contributed by atoms with van der Waals surface area (Å²) in [5.41, 5.74) is 4.76. The molecule has 0 radical (unpaired) electrons. The number of carbonyl (C=O) groups excluding carboxylic acids is 1. The van der Waals surface area contributed by atoms with Gasteiger partial charge in [-0.15, -0.1) is 0 Å². The number of hydrogen-bond donors (Lipinski definition) is 2. The van der Waals surface area contributed by atoms with Crippen LogP contribution in [0, 0.1) is 5.92 Å². The van der Waals surface area contributed by atoms with Crippen molar-refractivity contribution in [2.75, 3.05) is 6.54 Å². The van der Waals surface area contributed by atoms with Crippen LogP contribution in [0.3, 0.4) is 0 Å². The summed E-state index contributed by atoms with van der Waals surface area (Å²) in [5.74, 6) is 1.23. The number of aromatic nitrogens is 1. The molecular formula is C20H24N2O. The third kappa shape index (κ3) is 2.92. The summed E-state index contributed by atoms with van der Waals surface area (Å²) in [7, 11) is 0. The molecule has 0 saturated heterocycles. The van der Waals surface area contributed by atoms with E-state index in [2.05, 4.69) is 46.7 Å². The van der Waals surface area contributed by atoms with E-state index < -0.39 is 0 Å². The van der Waals surface area contributed by atoms with Crippen molar-refractivity contribution in [3.8, 4) is 0 Å². The summed E-state index contributed by atoms with van der Waals surface area (Å²) in [6, 6.07) is 12.7. The van der Waals surface area contributed by atoms with Crippen LogP contribution in [0.1, 0.15) is 58.9 Å². The zero-order valence-corrected chi connectivity index (χ0v) is 13.5. The molecule has 1 saturated carbocycles. The normalized spacial score (nSPS) is 23.0. The van der Waals surface area contributed by atoms with Crippen LogP contribution >= 0.6 is 0 Å². The summed E-state index contributed by atoms with van der Waals surface area (Å²) >= 11 is 0. The van der Waals surface area contributed by atoms with Crippen molar-refractivity contribution in [2.24, 2.45) is 5.92 Å². The van der Waals surface area contributed by atoms with E-state index in [4.69, 9.17) is 0 Å². The van der Waals surface area contributed by atoms with Crippen molar-refractivity contribution in [1.29, 1.82) is 0 Å². The highest BCUT2D eigenvalue weighted by molar-refractivity contribution is 5.92. The molecule has 4 rings (SSSR count). The Morgan fingerprint density at radius 1 is 1.13 bits per heavy atom. The monoisotopic (exact) mass is 308 g/mol. The molecule has 1 aromatic heterocycles. The van der Waals surface area contributed by atoms with E-state index in [1.54, 1.807) is 0 Å². The van der Waals surface area contributed by atoms with Crippen molar-refractivity contribution in [1.82, 2.24) is 10.3 Å². The zero-order chi connectivity index (χ0) is 15.6. The van der Waals surface area contributed by atoms with Crippen molar-refractivity contribution >= 4 is 5.91 Å². The Kier molecular flexibility index (Phi) is 3.94. The lowest BCUT2D eigenvalue weighted by atomic mass is 9.70. The highest BCUT2D eigenvalue weighted by Gasteiger charge is 2.32. The number of H-pyrrole nitrogens is 1. The van der Waals surface area contributed by atoms with Gasteiger partial charge in [0.2, 0.25) is 0 Å². The molecule has 120 valence electrons. The maximum Gasteiger partial charge on any atom is 0.267 e. The average molecular weight is 308 g/mol. The summed E-state index contributed by atoms with van der Waals surface area (Å²) < 4.78 is 0. The maximum atomic E-state index is 12.4. The van der Waals surface area contributed by atoms with Gasteiger partial charge in [0.05, 0.1) is 0 Å².